The highest BCUT2D eigenvalue weighted by atomic mass is 16.6. The summed E-state index contributed by atoms with van der Waals surface area (Å²) in [5.41, 5.74) is 0.0138. The minimum atomic E-state index is -1.15. The highest BCUT2D eigenvalue weighted by Crippen LogP contribution is 2.24. The van der Waals surface area contributed by atoms with Gasteiger partial charge in [0.2, 0.25) is 5.91 Å². The smallest absolute Gasteiger partial charge is 0.326 e. The fourth-order valence-corrected chi connectivity index (χ4v) is 1.81. The minimum absolute atomic E-state index is 0.191. The van der Waals surface area contributed by atoms with E-state index in [2.05, 4.69) is 0 Å². The van der Waals surface area contributed by atoms with Gasteiger partial charge in [-0.25, -0.2) is 4.79 Å². The standard InChI is InChI=1S/C12H14N2O5/c1-3-11(12(16)17)13(8(2)15)9-5-4-6-10(7-9)14(18)19/h4-7,11H,3H2,1-2H3,(H,16,17). The Labute approximate surface area is 109 Å². The van der Waals surface area contributed by atoms with Gasteiger partial charge in [0.1, 0.15) is 6.04 Å². The van der Waals surface area contributed by atoms with Crippen LogP contribution < -0.4 is 4.90 Å². The largest absolute Gasteiger partial charge is 0.480 e. The summed E-state index contributed by atoms with van der Waals surface area (Å²) in [6.07, 6.45) is 0.206. The summed E-state index contributed by atoms with van der Waals surface area (Å²) in [6, 6.07) is 4.31. The van der Waals surface area contributed by atoms with E-state index in [1.54, 1.807) is 6.92 Å². The molecular formula is C12H14N2O5. The number of nitrogens with zero attached hydrogens (tertiary/aromatic N) is 2. The molecule has 0 fully saturated rings. The molecule has 1 unspecified atom stereocenters. The first kappa shape index (κ1) is 14.6. The lowest BCUT2D eigenvalue weighted by Gasteiger charge is -2.27. The number of carbonyl (C=O) groups is 2. The maximum absolute atomic E-state index is 11.6. The van der Waals surface area contributed by atoms with Crippen molar-refractivity contribution in [3.8, 4) is 0 Å². The Morgan fingerprint density at radius 3 is 2.53 bits per heavy atom. The summed E-state index contributed by atoms with van der Waals surface area (Å²) in [4.78, 5) is 33.9. The highest BCUT2D eigenvalue weighted by Gasteiger charge is 2.28. The molecule has 1 aromatic carbocycles. The minimum Gasteiger partial charge on any atom is -0.480 e. The van der Waals surface area contributed by atoms with Crippen LogP contribution in [0.25, 0.3) is 0 Å². The summed E-state index contributed by atoms with van der Waals surface area (Å²) in [7, 11) is 0. The number of carboxylic acid groups (broad SMARTS) is 1. The molecule has 0 aromatic heterocycles. The van der Waals surface area contributed by atoms with Gasteiger partial charge in [0, 0.05) is 19.1 Å². The fourth-order valence-electron chi connectivity index (χ4n) is 1.81. The number of non-ortho nitro benzene ring substituents is 1. The van der Waals surface area contributed by atoms with Crippen molar-refractivity contribution in [2.75, 3.05) is 4.90 Å². The summed E-state index contributed by atoms with van der Waals surface area (Å²) in [6.45, 7) is 2.86. The molecule has 0 heterocycles. The normalized spacial score (nSPS) is 11.7. The molecule has 19 heavy (non-hydrogen) atoms. The Morgan fingerprint density at radius 1 is 1.47 bits per heavy atom. The molecular weight excluding hydrogens is 252 g/mol. The molecule has 0 spiro atoms. The van der Waals surface area contributed by atoms with Crippen LogP contribution in [-0.2, 0) is 9.59 Å². The van der Waals surface area contributed by atoms with Crippen molar-refractivity contribution in [2.24, 2.45) is 0 Å². The molecule has 7 heteroatoms. The first-order valence-electron chi connectivity index (χ1n) is 5.65. The topological polar surface area (TPSA) is 101 Å². The number of amides is 1. The Balaban J connectivity index is 3.26. The van der Waals surface area contributed by atoms with Crippen LogP contribution in [0.15, 0.2) is 24.3 Å². The van der Waals surface area contributed by atoms with E-state index in [-0.39, 0.29) is 17.8 Å². The Morgan fingerprint density at radius 2 is 2.11 bits per heavy atom. The zero-order valence-corrected chi connectivity index (χ0v) is 10.6. The van der Waals surface area contributed by atoms with Crippen molar-refractivity contribution in [3.63, 3.8) is 0 Å². The third-order valence-corrected chi connectivity index (χ3v) is 2.64. The van der Waals surface area contributed by atoms with Gasteiger partial charge in [-0.05, 0) is 12.5 Å². The number of hydrogen-bond donors (Lipinski definition) is 1. The van der Waals surface area contributed by atoms with Gasteiger partial charge < -0.3 is 5.11 Å². The number of nitro benzene ring substituents is 1. The Bertz CT molecular complexity index is 515. The third-order valence-electron chi connectivity index (χ3n) is 2.64. The molecule has 1 rings (SSSR count). The van der Waals surface area contributed by atoms with Crippen LogP contribution >= 0.6 is 0 Å². The molecule has 0 aliphatic carbocycles. The lowest BCUT2D eigenvalue weighted by molar-refractivity contribution is -0.384. The monoisotopic (exact) mass is 266 g/mol. The molecule has 0 saturated heterocycles. The number of aliphatic carboxylic acids is 1. The number of anilines is 1. The molecule has 0 bridgehead atoms. The van der Waals surface area contributed by atoms with Crippen molar-refractivity contribution in [2.45, 2.75) is 26.3 Å². The van der Waals surface area contributed by atoms with Gasteiger partial charge in [-0.15, -0.1) is 0 Å². The zero-order chi connectivity index (χ0) is 14.6. The lowest BCUT2D eigenvalue weighted by Crippen LogP contribution is -2.44. The van der Waals surface area contributed by atoms with Crippen molar-refractivity contribution in [1.82, 2.24) is 0 Å². The zero-order valence-electron chi connectivity index (χ0n) is 10.6. The summed E-state index contributed by atoms with van der Waals surface area (Å²) >= 11 is 0. The van der Waals surface area contributed by atoms with Crippen LogP contribution in [0, 0.1) is 10.1 Å². The van der Waals surface area contributed by atoms with E-state index in [1.165, 1.54) is 31.2 Å². The number of carbonyl (C=O) groups excluding carboxylic acids is 1. The van der Waals surface area contributed by atoms with Crippen LogP contribution in [-0.4, -0.2) is 27.9 Å². The molecule has 0 radical (unpaired) electrons. The van der Waals surface area contributed by atoms with Crippen molar-refractivity contribution in [3.05, 3.63) is 34.4 Å². The predicted molar refractivity (Wildman–Crippen MR) is 68.0 cm³/mol. The van der Waals surface area contributed by atoms with E-state index in [9.17, 15) is 19.7 Å². The maximum atomic E-state index is 11.6. The van der Waals surface area contributed by atoms with Crippen LogP contribution in [0.4, 0.5) is 11.4 Å². The quantitative estimate of drug-likeness (QED) is 0.647. The van der Waals surface area contributed by atoms with E-state index in [1.807, 2.05) is 0 Å². The van der Waals surface area contributed by atoms with E-state index >= 15 is 0 Å². The molecule has 1 N–H and O–H groups in total. The van der Waals surface area contributed by atoms with E-state index < -0.39 is 22.8 Å². The van der Waals surface area contributed by atoms with Crippen molar-refractivity contribution < 1.29 is 19.6 Å². The average Bonchev–Trinajstić information content (AvgIpc) is 2.34. The van der Waals surface area contributed by atoms with Gasteiger partial charge in [0.15, 0.2) is 0 Å². The van der Waals surface area contributed by atoms with Gasteiger partial charge in [-0.2, -0.15) is 0 Å². The summed E-state index contributed by atoms with van der Waals surface area (Å²) in [5, 5.41) is 19.8. The number of hydrogen-bond acceptors (Lipinski definition) is 4. The predicted octanol–water partition coefficient (Wildman–Crippen LogP) is 1.81. The van der Waals surface area contributed by atoms with Gasteiger partial charge in [0.05, 0.1) is 10.6 Å². The third kappa shape index (κ3) is 3.27. The van der Waals surface area contributed by atoms with Gasteiger partial charge in [-0.3, -0.25) is 19.8 Å². The average molecular weight is 266 g/mol. The molecule has 0 aliphatic rings. The molecule has 1 amide bonds. The number of rotatable bonds is 5. The number of benzene rings is 1. The van der Waals surface area contributed by atoms with Gasteiger partial charge >= 0.3 is 5.97 Å². The molecule has 102 valence electrons. The van der Waals surface area contributed by atoms with E-state index in [0.717, 1.165) is 4.90 Å². The number of nitro groups is 1. The van der Waals surface area contributed by atoms with Crippen molar-refractivity contribution >= 4 is 23.3 Å². The molecule has 0 aliphatic heterocycles. The second-order valence-corrected chi connectivity index (χ2v) is 3.93. The molecule has 7 nitrogen and oxygen atoms in total. The van der Waals surface area contributed by atoms with Crippen LogP contribution in [0.5, 0.6) is 0 Å². The molecule has 1 aromatic rings. The SMILES string of the molecule is CCC(C(=O)O)N(C(C)=O)c1cccc([N+](=O)[O-])c1. The van der Waals surface area contributed by atoms with Crippen LogP contribution in [0.2, 0.25) is 0 Å². The maximum Gasteiger partial charge on any atom is 0.326 e. The van der Waals surface area contributed by atoms with Crippen LogP contribution in [0.1, 0.15) is 20.3 Å². The second kappa shape index (κ2) is 5.94. The van der Waals surface area contributed by atoms with Gasteiger partial charge in [0.25, 0.3) is 5.69 Å². The highest BCUT2D eigenvalue weighted by molar-refractivity contribution is 5.98. The van der Waals surface area contributed by atoms with E-state index in [0.29, 0.717) is 0 Å². The lowest BCUT2D eigenvalue weighted by atomic mass is 10.1. The summed E-state index contributed by atoms with van der Waals surface area (Å²) in [5.74, 6) is -1.63. The Hall–Kier alpha value is -2.44. The van der Waals surface area contributed by atoms with E-state index in [4.69, 9.17) is 5.11 Å². The first-order chi connectivity index (χ1) is 8.88. The summed E-state index contributed by atoms with van der Waals surface area (Å²) < 4.78 is 0. The number of carboxylic acids is 1. The Kier molecular flexibility index (Phi) is 4.57. The second-order valence-electron chi connectivity index (χ2n) is 3.93. The van der Waals surface area contributed by atoms with Crippen LogP contribution in [0.3, 0.4) is 0 Å². The fraction of sp³-hybridized carbons (Fsp3) is 0.333. The first-order valence-corrected chi connectivity index (χ1v) is 5.65. The molecule has 0 saturated carbocycles. The van der Waals surface area contributed by atoms with Crippen molar-refractivity contribution in [1.29, 1.82) is 0 Å². The molecule has 1 atom stereocenters. The van der Waals surface area contributed by atoms with Gasteiger partial charge in [-0.1, -0.05) is 13.0 Å².